The SMILES string of the molecule is CN(C(=O)C1(C(N)=NO)CCCC1)c1ccccc1F. The third kappa shape index (κ3) is 2.21. The molecule has 0 saturated heterocycles. The maximum absolute atomic E-state index is 13.8. The molecule has 0 bridgehead atoms. The van der Waals surface area contributed by atoms with Gasteiger partial charge in [0.15, 0.2) is 5.84 Å². The molecule has 1 aliphatic carbocycles. The number of amidine groups is 1. The molecule has 0 unspecified atom stereocenters. The summed E-state index contributed by atoms with van der Waals surface area (Å²) >= 11 is 0. The van der Waals surface area contributed by atoms with Gasteiger partial charge in [-0.2, -0.15) is 0 Å². The number of amides is 1. The smallest absolute Gasteiger partial charge is 0.240 e. The van der Waals surface area contributed by atoms with Gasteiger partial charge in [-0.15, -0.1) is 0 Å². The molecule has 1 aromatic carbocycles. The van der Waals surface area contributed by atoms with E-state index in [1.807, 2.05) is 0 Å². The number of carbonyl (C=O) groups excluding carboxylic acids is 1. The Balaban J connectivity index is 2.36. The fourth-order valence-corrected chi connectivity index (χ4v) is 2.81. The van der Waals surface area contributed by atoms with E-state index in [-0.39, 0.29) is 17.4 Å². The van der Waals surface area contributed by atoms with Gasteiger partial charge in [0.25, 0.3) is 0 Å². The number of nitrogens with zero attached hydrogens (tertiary/aromatic N) is 2. The van der Waals surface area contributed by atoms with Crippen LogP contribution in [0.2, 0.25) is 0 Å². The molecule has 20 heavy (non-hydrogen) atoms. The van der Waals surface area contributed by atoms with Crippen molar-refractivity contribution in [3.63, 3.8) is 0 Å². The summed E-state index contributed by atoms with van der Waals surface area (Å²) in [6.07, 6.45) is 2.68. The summed E-state index contributed by atoms with van der Waals surface area (Å²) in [5, 5.41) is 11.9. The van der Waals surface area contributed by atoms with E-state index in [0.29, 0.717) is 12.8 Å². The van der Waals surface area contributed by atoms with Crippen LogP contribution in [-0.2, 0) is 4.79 Å². The molecule has 5 nitrogen and oxygen atoms in total. The normalized spacial score (nSPS) is 18.0. The first-order valence-electron chi connectivity index (χ1n) is 6.53. The lowest BCUT2D eigenvalue weighted by molar-refractivity contribution is -0.124. The summed E-state index contributed by atoms with van der Waals surface area (Å²) in [6.45, 7) is 0. The first kappa shape index (κ1) is 14.3. The highest BCUT2D eigenvalue weighted by Crippen LogP contribution is 2.40. The van der Waals surface area contributed by atoms with E-state index < -0.39 is 11.2 Å². The van der Waals surface area contributed by atoms with Crippen LogP contribution >= 0.6 is 0 Å². The van der Waals surface area contributed by atoms with Gasteiger partial charge in [-0.3, -0.25) is 4.79 Å². The zero-order chi connectivity index (χ0) is 14.8. The molecule has 1 amide bonds. The maximum Gasteiger partial charge on any atom is 0.240 e. The van der Waals surface area contributed by atoms with Crippen LogP contribution in [0, 0.1) is 11.2 Å². The number of hydrogen-bond donors (Lipinski definition) is 2. The molecule has 1 aromatic rings. The Bertz CT molecular complexity index is 539. The van der Waals surface area contributed by atoms with Gasteiger partial charge < -0.3 is 15.8 Å². The highest BCUT2D eigenvalue weighted by atomic mass is 19.1. The van der Waals surface area contributed by atoms with Gasteiger partial charge in [0.05, 0.1) is 5.69 Å². The van der Waals surface area contributed by atoms with Crippen molar-refractivity contribution in [3.05, 3.63) is 30.1 Å². The number of anilines is 1. The zero-order valence-electron chi connectivity index (χ0n) is 11.3. The lowest BCUT2D eigenvalue weighted by Gasteiger charge is -2.31. The molecule has 0 heterocycles. The Morgan fingerprint density at radius 3 is 2.55 bits per heavy atom. The van der Waals surface area contributed by atoms with Crippen LogP contribution < -0.4 is 10.6 Å². The molecular formula is C14H18FN3O2. The van der Waals surface area contributed by atoms with E-state index in [4.69, 9.17) is 10.9 Å². The lowest BCUT2D eigenvalue weighted by atomic mass is 9.83. The standard InChI is InChI=1S/C14H18FN3O2/c1-18(11-7-3-2-6-10(11)15)13(19)14(12(16)17-20)8-4-5-9-14/h2-3,6-7,20H,4-5,8-9H2,1H3,(H2,16,17). The van der Waals surface area contributed by atoms with E-state index in [1.54, 1.807) is 12.1 Å². The van der Waals surface area contributed by atoms with Gasteiger partial charge in [0.2, 0.25) is 5.91 Å². The van der Waals surface area contributed by atoms with E-state index in [0.717, 1.165) is 12.8 Å². The minimum Gasteiger partial charge on any atom is -0.409 e. The Morgan fingerprint density at radius 1 is 1.40 bits per heavy atom. The van der Waals surface area contributed by atoms with E-state index >= 15 is 0 Å². The minimum atomic E-state index is -1.02. The van der Waals surface area contributed by atoms with Crippen molar-refractivity contribution >= 4 is 17.4 Å². The van der Waals surface area contributed by atoms with Crippen LogP contribution in [0.15, 0.2) is 29.4 Å². The van der Waals surface area contributed by atoms with Gasteiger partial charge in [-0.1, -0.05) is 30.1 Å². The quantitative estimate of drug-likeness (QED) is 0.385. The molecule has 3 N–H and O–H groups in total. The van der Waals surface area contributed by atoms with Crippen molar-refractivity contribution in [2.45, 2.75) is 25.7 Å². The number of carbonyl (C=O) groups is 1. The Labute approximate surface area is 116 Å². The second-order valence-corrected chi connectivity index (χ2v) is 5.09. The fourth-order valence-electron chi connectivity index (χ4n) is 2.81. The van der Waals surface area contributed by atoms with Crippen molar-refractivity contribution in [2.75, 3.05) is 11.9 Å². The van der Waals surface area contributed by atoms with Gasteiger partial charge in [0.1, 0.15) is 11.2 Å². The first-order chi connectivity index (χ1) is 9.53. The third-order valence-electron chi connectivity index (χ3n) is 3.98. The number of para-hydroxylation sites is 1. The van der Waals surface area contributed by atoms with E-state index in [2.05, 4.69) is 5.16 Å². The monoisotopic (exact) mass is 279 g/mol. The van der Waals surface area contributed by atoms with E-state index in [1.165, 1.54) is 24.1 Å². The number of halogens is 1. The second kappa shape index (κ2) is 5.48. The highest BCUT2D eigenvalue weighted by Gasteiger charge is 2.47. The summed E-state index contributed by atoms with van der Waals surface area (Å²) < 4.78 is 13.8. The number of benzene rings is 1. The van der Waals surface area contributed by atoms with Gasteiger partial charge >= 0.3 is 0 Å². The topological polar surface area (TPSA) is 78.9 Å². The molecule has 2 rings (SSSR count). The molecule has 0 atom stereocenters. The minimum absolute atomic E-state index is 0.0943. The van der Waals surface area contributed by atoms with Crippen LogP contribution in [0.25, 0.3) is 0 Å². The summed E-state index contributed by atoms with van der Waals surface area (Å²) in [4.78, 5) is 14.0. The molecule has 0 spiro atoms. The van der Waals surface area contributed by atoms with Crippen molar-refractivity contribution in [3.8, 4) is 0 Å². The third-order valence-corrected chi connectivity index (χ3v) is 3.98. The van der Waals surface area contributed by atoms with Gasteiger partial charge in [0, 0.05) is 7.05 Å². The first-order valence-corrected chi connectivity index (χ1v) is 6.53. The molecule has 1 saturated carbocycles. The average Bonchev–Trinajstić information content (AvgIpc) is 2.96. The number of nitrogens with two attached hydrogens (primary N) is 1. The van der Waals surface area contributed by atoms with Crippen molar-refractivity contribution in [1.29, 1.82) is 0 Å². The summed E-state index contributed by atoms with van der Waals surface area (Å²) in [5.74, 6) is -0.908. The highest BCUT2D eigenvalue weighted by molar-refractivity contribution is 6.12. The van der Waals surface area contributed by atoms with E-state index in [9.17, 15) is 9.18 Å². The molecule has 1 aliphatic rings. The molecule has 0 radical (unpaired) electrons. The Kier molecular flexibility index (Phi) is 3.92. The van der Waals surface area contributed by atoms with Crippen molar-refractivity contribution in [2.24, 2.45) is 16.3 Å². The predicted octanol–water partition coefficient (Wildman–Crippen LogP) is 2.10. The summed E-state index contributed by atoms with van der Waals surface area (Å²) in [7, 11) is 1.51. The number of hydrogen-bond acceptors (Lipinski definition) is 3. The molecule has 108 valence electrons. The molecular weight excluding hydrogens is 261 g/mol. The second-order valence-electron chi connectivity index (χ2n) is 5.09. The van der Waals surface area contributed by atoms with Crippen LogP contribution in [0.1, 0.15) is 25.7 Å². The number of oxime groups is 1. The van der Waals surface area contributed by atoms with Crippen LogP contribution in [0.3, 0.4) is 0 Å². The van der Waals surface area contributed by atoms with Crippen molar-refractivity contribution in [1.82, 2.24) is 0 Å². The zero-order valence-corrected chi connectivity index (χ0v) is 11.3. The number of rotatable bonds is 3. The molecule has 1 fully saturated rings. The largest absolute Gasteiger partial charge is 0.409 e. The van der Waals surface area contributed by atoms with Crippen LogP contribution in [-0.4, -0.2) is 24.0 Å². The molecule has 6 heteroatoms. The predicted molar refractivity (Wildman–Crippen MR) is 74.1 cm³/mol. The Morgan fingerprint density at radius 2 is 2.00 bits per heavy atom. The summed E-state index contributed by atoms with van der Waals surface area (Å²) in [6, 6.07) is 6.05. The summed E-state index contributed by atoms with van der Waals surface area (Å²) in [5.41, 5.74) is 4.89. The Hall–Kier alpha value is -2.11. The van der Waals surface area contributed by atoms with Crippen molar-refractivity contribution < 1.29 is 14.4 Å². The molecule has 0 aromatic heterocycles. The van der Waals surface area contributed by atoms with Gasteiger partial charge in [-0.05, 0) is 25.0 Å². The average molecular weight is 279 g/mol. The van der Waals surface area contributed by atoms with Crippen LogP contribution in [0.5, 0.6) is 0 Å². The maximum atomic E-state index is 13.8. The molecule has 0 aliphatic heterocycles. The van der Waals surface area contributed by atoms with Crippen LogP contribution in [0.4, 0.5) is 10.1 Å². The van der Waals surface area contributed by atoms with Gasteiger partial charge in [-0.25, -0.2) is 4.39 Å². The lowest BCUT2D eigenvalue weighted by Crippen LogP contribution is -2.49. The fraction of sp³-hybridized carbons (Fsp3) is 0.429.